The van der Waals surface area contributed by atoms with Crippen molar-refractivity contribution in [2.24, 2.45) is 11.7 Å². The van der Waals surface area contributed by atoms with Crippen LogP contribution < -0.4 is 16.4 Å². The average Bonchev–Trinajstić information content (AvgIpc) is 3.22. The van der Waals surface area contributed by atoms with Crippen LogP contribution in [0, 0.1) is 5.92 Å². The molecule has 21 heavy (non-hydrogen) atoms. The van der Waals surface area contributed by atoms with E-state index in [4.69, 9.17) is 5.73 Å². The summed E-state index contributed by atoms with van der Waals surface area (Å²) in [4.78, 5) is 12.0. The van der Waals surface area contributed by atoms with Gasteiger partial charge in [-0.1, -0.05) is 12.1 Å². The molecule has 2 amide bonds. The zero-order valence-corrected chi connectivity index (χ0v) is 11.6. The summed E-state index contributed by atoms with van der Waals surface area (Å²) in [6, 6.07) is 4.19. The predicted molar refractivity (Wildman–Crippen MR) is 73.8 cm³/mol. The van der Waals surface area contributed by atoms with Gasteiger partial charge in [0.1, 0.15) is 0 Å². The van der Waals surface area contributed by atoms with Gasteiger partial charge in [0.15, 0.2) is 0 Å². The number of benzene rings is 1. The van der Waals surface area contributed by atoms with E-state index < -0.39 is 23.3 Å². The minimum atomic E-state index is -4.52. The number of carbonyl (C=O) groups excluding carboxylic acids is 1. The fourth-order valence-corrected chi connectivity index (χ4v) is 2.29. The molecule has 0 aliphatic heterocycles. The summed E-state index contributed by atoms with van der Waals surface area (Å²) in [5.41, 5.74) is 3.94. The van der Waals surface area contributed by atoms with Crippen LogP contribution in [0.2, 0.25) is 0 Å². The van der Waals surface area contributed by atoms with E-state index in [2.05, 4.69) is 10.6 Å². The molecule has 116 valence electrons. The standard InChI is InChI=1S/C14H18F3N3O/c1-13(8-18,9-6-7-9)20-12(21)19-11-5-3-2-4-10(11)14(15,16)17/h2-5,9H,6-8,18H2,1H3,(H2,19,20,21). The molecule has 1 saturated carbocycles. The largest absolute Gasteiger partial charge is 0.418 e. The molecule has 1 aromatic rings. The van der Waals surface area contributed by atoms with Gasteiger partial charge in [0.2, 0.25) is 0 Å². The maximum Gasteiger partial charge on any atom is 0.418 e. The van der Waals surface area contributed by atoms with Crippen LogP contribution in [0.4, 0.5) is 23.7 Å². The van der Waals surface area contributed by atoms with E-state index in [1.54, 1.807) is 6.92 Å². The highest BCUT2D eigenvalue weighted by Crippen LogP contribution is 2.39. The first-order valence-corrected chi connectivity index (χ1v) is 6.72. The number of urea groups is 1. The molecule has 0 spiro atoms. The molecule has 0 saturated heterocycles. The van der Waals surface area contributed by atoms with Crippen LogP contribution in [0.5, 0.6) is 0 Å². The fourth-order valence-electron chi connectivity index (χ4n) is 2.29. The van der Waals surface area contributed by atoms with E-state index >= 15 is 0 Å². The summed E-state index contributed by atoms with van der Waals surface area (Å²) in [7, 11) is 0. The van der Waals surface area contributed by atoms with Crippen molar-refractivity contribution in [3.05, 3.63) is 29.8 Å². The topological polar surface area (TPSA) is 67.1 Å². The Hall–Kier alpha value is -1.76. The van der Waals surface area contributed by atoms with Crippen LogP contribution in [-0.2, 0) is 6.18 Å². The Bertz CT molecular complexity index is 528. The second-order valence-corrected chi connectivity index (χ2v) is 5.52. The van der Waals surface area contributed by atoms with Gasteiger partial charge < -0.3 is 16.4 Å². The highest BCUT2D eigenvalue weighted by Gasteiger charge is 2.42. The Balaban J connectivity index is 2.10. The number of nitrogens with two attached hydrogens (primary N) is 1. The van der Waals surface area contributed by atoms with Crippen LogP contribution in [0.3, 0.4) is 0 Å². The van der Waals surface area contributed by atoms with Gasteiger partial charge in [-0.15, -0.1) is 0 Å². The molecule has 1 aliphatic carbocycles. The molecule has 7 heteroatoms. The molecular formula is C14H18F3N3O. The van der Waals surface area contributed by atoms with Crippen molar-refractivity contribution in [3.8, 4) is 0 Å². The molecule has 0 radical (unpaired) electrons. The SMILES string of the molecule is CC(CN)(NC(=O)Nc1ccccc1C(F)(F)F)C1CC1. The number of hydrogen-bond donors (Lipinski definition) is 3. The summed E-state index contributed by atoms with van der Waals surface area (Å²) < 4.78 is 38.5. The predicted octanol–water partition coefficient (Wildman–Crippen LogP) is 2.95. The number of hydrogen-bond acceptors (Lipinski definition) is 2. The molecule has 0 aromatic heterocycles. The smallest absolute Gasteiger partial charge is 0.331 e. The summed E-state index contributed by atoms with van der Waals surface area (Å²) in [5, 5.41) is 4.95. The monoisotopic (exact) mass is 301 g/mol. The maximum absolute atomic E-state index is 12.8. The third-order valence-corrected chi connectivity index (χ3v) is 3.78. The Kier molecular flexibility index (Phi) is 4.13. The van der Waals surface area contributed by atoms with Gasteiger partial charge in [0, 0.05) is 6.54 Å². The zero-order chi connectivity index (χ0) is 15.7. The fraction of sp³-hybridized carbons (Fsp3) is 0.500. The second kappa shape index (κ2) is 5.55. The first-order chi connectivity index (χ1) is 9.76. The number of rotatable bonds is 4. The molecule has 1 fully saturated rings. The van der Waals surface area contributed by atoms with Gasteiger partial charge in [0.25, 0.3) is 0 Å². The van der Waals surface area contributed by atoms with Crippen molar-refractivity contribution in [1.82, 2.24) is 5.32 Å². The summed E-state index contributed by atoms with van der Waals surface area (Å²) in [6.45, 7) is 2.05. The Morgan fingerprint density at radius 1 is 1.33 bits per heavy atom. The summed E-state index contributed by atoms with van der Waals surface area (Å²) >= 11 is 0. The van der Waals surface area contributed by atoms with Gasteiger partial charge in [-0.3, -0.25) is 0 Å². The lowest BCUT2D eigenvalue weighted by molar-refractivity contribution is -0.136. The van der Waals surface area contributed by atoms with E-state index in [1.807, 2.05) is 0 Å². The van der Waals surface area contributed by atoms with Crippen molar-refractivity contribution < 1.29 is 18.0 Å². The number of amides is 2. The third kappa shape index (κ3) is 3.66. The highest BCUT2D eigenvalue weighted by molar-refractivity contribution is 5.90. The van der Waals surface area contributed by atoms with Crippen LogP contribution in [0.15, 0.2) is 24.3 Å². The van der Waals surface area contributed by atoms with E-state index in [1.165, 1.54) is 18.2 Å². The Morgan fingerprint density at radius 2 is 1.95 bits per heavy atom. The van der Waals surface area contributed by atoms with Gasteiger partial charge in [-0.05, 0) is 37.8 Å². The van der Waals surface area contributed by atoms with Gasteiger partial charge in [0.05, 0.1) is 16.8 Å². The first-order valence-electron chi connectivity index (χ1n) is 6.72. The van der Waals surface area contributed by atoms with Crippen molar-refractivity contribution in [2.45, 2.75) is 31.5 Å². The molecule has 1 unspecified atom stereocenters. The maximum atomic E-state index is 12.8. The van der Waals surface area contributed by atoms with E-state index in [-0.39, 0.29) is 18.2 Å². The van der Waals surface area contributed by atoms with Crippen molar-refractivity contribution in [3.63, 3.8) is 0 Å². The van der Waals surface area contributed by atoms with E-state index in [9.17, 15) is 18.0 Å². The number of anilines is 1. The summed E-state index contributed by atoms with van der Waals surface area (Å²) in [6.07, 6.45) is -2.59. The third-order valence-electron chi connectivity index (χ3n) is 3.78. The lowest BCUT2D eigenvalue weighted by Crippen LogP contribution is -2.54. The minimum Gasteiger partial charge on any atom is -0.331 e. The highest BCUT2D eigenvalue weighted by atomic mass is 19.4. The normalized spacial score (nSPS) is 18.0. The quantitative estimate of drug-likeness (QED) is 0.800. The zero-order valence-electron chi connectivity index (χ0n) is 11.6. The molecular weight excluding hydrogens is 283 g/mol. The molecule has 4 N–H and O–H groups in total. The average molecular weight is 301 g/mol. The lowest BCUT2D eigenvalue weighted by Gasteiger charge is -2.29. The molecule has 4 nitrogen and oxygen atoms in total. The van der Waals surface area contributed by atoms with Crippen LogP contribution in [0.25, 0.3) is 0 Å². The number of carbonyl (C=O) groups is 1. The van der Waals surface area contributed by atoms with Crippen LogP contribution >= 0.6 is 0 Å². The molecule has 1 aliphatic rings. The van der Waals surface area contributed by atoms with Crippen LogP contribution in [0.1, 0.15) is 25.3 Å². The first kappa shape index (κ1) is 15.6. The minimum absolute atomic E-state index is 0.242. The molecule has 1 atom stereocenters. The lowest BCUT2D eigenvalue weighted by atomic mass is 9.96. The Labute approximate surface area is 120 Å². The van der Waals surface area contributed by atoms with Crippen molar-refractivity contribution >= 4 is 11.7 Å². The number of halogens is 3. The number of para-hydroxylation sites is 1. The van der Waals surface area contributed by atoms with Crippen molar-refractivity contribution in [1.29, 1.82) is 0 Å². The van der Waals surface area contributed by atoms with Crippen LogP contribution in [-0.4, -0.2) is 18.1 Å². The van der Waals surface area contributed by atoms with Crippen molar-refractivity contribution in [2.75, 3.05) is 11.9 Å². The van der Waals surface area contributed by atoms with E-state index in [0.717, 1.165) is 18.9 Å². The molecule has 0 bridgehead atoms. The van der Waals surface area contributed by atoms with Gasteiger partial charge in [-0.25, -0.2) is 4.79 Å². The second-order valence-electron chi connectivity index (χ2n) is 5.52. The van der Waals surface area contributed by atoms with Gasteiger partial charge >= 0.3 is 12.2 Å². The molecule has 0 heterocycles. The number of nitrogens with one attached hydrogen (secondary N) is 2. The molecule has 2 rings (SSSR count). The molecule has 1 aromatic carbocycles. The number of alkyl halides is 3. The van der Waals surface area contributed by atoms with E-state index in [0.29, 0.717) is 0 Å². The van der Waals surface area contributed by atoms with Gasteiger partial charge in [-0.2, -0.15) is 13.2 Å². The summed E-state index contributed by atoms with van der Waals surface area (Å²) in [5.74, 6) is 0.283. The Morgan fingerprint density at radius 3 is 2.48 bits per heavy atom.